The fourth-order valence-electron chi connectivity index (χ4n) is 4.60. The average Bonchev–Trinajstić information content (AvgIpc) is 3.34. The molecular weight excluding hydrogens is 532 g/mol. The number of Topliss-reactive ketones (excluding diaryl/α,β-unsaturated/α-hetero) is 1. The van der Waals surface area contributed by atoms with E-state index in [1.54, 1.807) is 32.1 Å². The number of nitrogens with one attached hydrogen (secondary N) is 3. The zero-order chi connectivity index (χ0) is 30.7. The number of carbonyl (C=O) groups is 6. The van der Waals surface area contributed by atoms with Crippen LogP contribution in [0.15, 0.2) is 36.9 Å². The number of amides is 4. The molecule has 1 aromatic carbocycles. The molecule has 0 bridgehead atoms. The van der Waals surface area contributed by atoms with Gasteiger partial charge in [0.1, 0.15) is 35.9 Å². The lowest BCUT2D eigenvalue weighted by atomic mass is 10.00. The number of ketones is 1. The van der Waals surface area contributed by atoms with Crippen molar-refractivity contribution in [2.45, 2.75) is 77.2 Å². The molecule has 0 saturated carbocycles. The van der Waals surface area contributed by atoms with Gasteiger partial charge in [0.25, 0.3) is 0 Å². The van der Waals surface area contributed by atoms with Crippen LogP contribution in [0.25, 0.3) is 0 Å². The van der Waals surface area contributed by atoms with Crippen molar-refractivity contribution in [1.29, 1.82) is 0 Å². The van der Waals surface area contributed by atoms with Crippen molar-refractivity contribution >= 4 is 35.7 Å². The van der Waals surface area contributed by atoms with Gasteiger partial charge in [-0.25, -0.2) is 0 Å². The Morgan fingerprint density at radius 2 is 1.76 bits per heavy atom. The lowest BCUT2D eigenvalue weighted by Gasteiger charge is -2.31. The number of hydrogen-bond donors (Lipinski definition) is 4. The first-order chi connectivity index (χ1) is 19.4. The number of phenolic OH excluding ortho intramolecular Hbond substituents is 1. The highest BCUT2D eigenvalue weighted by Gasteiger charge is 2.43. The Morgan fingerprint density at radius 3 is 2.29 bits per heavy atom. The fourth-order valence-corrected chi connectivity index (χ4v) is 4.60. The van der Waals surface area contributed by atoms with Gasteiger partial charge in [0.15, 0.2) is 0 Å². The highest BCUT2D eigenvalue weighted by molar-refractivity contribution is 5.95. The maximum Gasteiger partial charge on any atom is 0.246 e. The Labute approximate surface area is 239 Å². The van der Waals surface area contributed by atoms with Gasteiger partial charge in [-0.1, -0.05) is 32.1 Å². The second-order valence-corrected chi connectivity index (χ2v) is 10.5. The summed E-state index contributed by atoms with van der Waals surface area (Å²) < 4.78 is 5.72. The van der Waals surface area contributed by atoms with Crippen LogP contribution in [0, 0.1) is 5.92 Å². The smallest absolute Gasteiger partial charge is 0.246 e. The molecule has 12 heteroatoms. The number of phenols is 1. The predicted octanol–water partition coefficient (Wildman–Crippen LogP) is 0.415. The standard InChI is InChI=1S/C29H40N4O8/c1-6-11-41-23-14-25(28(39)31-21(16-34)12-18(4)35)33(15-23)29(40)26(17(2)3)32-27(38)24(30-19(5)36)13-20-7-9-22(37)10-8-20/h6-10,16-17,21,23-26,37H,1,11-15H2,2-5H3,(H,30,36)(H,31,39)(H,32,38)/t21-,23+,24-,25-,26-/m0/s1. The topological polar surface area (TPSA) is 171 Å². The summed E-state index contributed by atoms with van der Waals surface area (Å²) in [6.45, 7) is 9.93. The zero-order valence-electron chi connectivity index (χ0n) is 23.9. The Kier molecular flexibility index (Phi) is 12.7. The second-order valence-electron chi connectivity index (χ2n) is 10.5. The Bertz CT molecular complexity index is 1120. The van der Waals surface area contributed by atoms with Gasteiger partial charge in [-0.05, 0) is 30.5 Å². The molecule has 0 spiro atoms. The van der Waals surface area contributed by atoms with Gasteiger partial charge >= 0.3 is 0 Å². The molecule has 1 aliphatic heterocycles. The van der Waals surface area contributed by atoms with Crippen molar-refractivity contribution < 1.29 is 38.6 Å². The van der Waals surface area contributed by atoms with Gasteiger partial charge in [-0.15, -0.1) is 6.58 Å². The number of likely N-dealkylation sites (tertiary alicyclic amines) is 1. The molecule has 4 N–H and O–H groups in total. The van der Waals surface area contributed by atoms with Crippen molar-refractivity contribution in [3.63, 3.8) is 0 Å². The van der Waals surface area contributed by atoms with Crippen molar-refractivity contribution in [2.24, 2.45) is 5.92 Å². The summed E-state index contributed by atoms with van der Waals surface area (Å²) in [6, 6.07) is 2.08. The summed E-state index contributed by atoms with van der Waals surface area (Å²) in [4.78, 5) is 76.5. The third-order valence-electron chi connectivity index (χ3n) is 6.60. The van der Waals surface area contributed by atoms with Crippen LogP contribution < -0.4 is 16.0 Å². The monoisotopic (exact) mass is 572 g/mol. The zero-order valence-corrected chi connectivity index (χ0v) is 23.9. The number of ether oxygens (including phenoxy) is 1. The third-order valence-corrected chi connectivity index (χ3v) is 6.60. The van der Waals surface area contributed by atoms with E-state index in [1.165, 1.54) is 30.9 Å². The van der Waals surface area contributed by atoms with Gasteiger partial charge in [-0.2, -0.15) is 0 Å². The summed E-state index contributed by atoms with van der Waals surface area (Å²) in [6.07, 6.45) is 1.59. The Morgan fingerprint density at radius 1 is 1.10 bits per heavy atom. The summed E-state index contributed by atoms with van der Waals surface area (Å²) in [5, 5.41) is 17.4. The first-order valence-electron chi connectivity index (χ1n) is 13.5. The van der Waals surface area contributed by atoms with Gasteiger partial charge in [0.05, 0.1) is 18.8 Å². The van der Waals surface area contributed by atoms with Crippen LogP contribution >= 0.6 is 0 Å². The molecule has 1 heterocycles. The molecular formula is C29H40N4O8. The van der Waals surface area contributed by atoms with Crippen molar-refractivity contribution in [3.05, 3.63) is 42.5 Å². The van der Waals surface area contributed by atoms with Crippen molar-refractivity contribution in [1.82, 2.24) is 20.9 Å². The van der Waals surface area contributed by atoms with E-state index in [2.05, 4.69) is 22.5 Å². The molecule has 0 unspecified atom stereocenters. The molecule has 5 atom stereocenters. The number of hydrogen-bond acceptors (Lipinski definition) is 8. The minimum absolute atomic E-state index is 0.0556. The molecule has 1 fully saturated rings. The fraction of sp³-hybridized carbons (Fsp3) is 0.517. The number of rotatable bonds is 15. The SMILES string of the molecule is C=CCO[C@@H]1C[C@@H](C(=O)N[C@H](C=O)CC(C)=O)N(C(=O)[C@@H](NC(=O)[C@H](Cc2ccc(O)cc2)NC(C)=O)C(C)C)C1. The van der Waals surface area contributed by atoms with E-state index in [4.69, 9.17) is 4.74 Å². The molecule has 2 rings (SSSR count). The van der Waals surface area contributed by atoms with Gasteiger partial charge in [0, 0.05) is 32.7 Å². The third kappa shape index (κ3) is 10.1. The van der Waals surface area contributed by atoms with E-state index in [0.29, 0.717) is 11.8 Å². The molecule has 12 nitrogen and oxygen atoms in total. The molecule has 224 valence electrons. The minimum atomic E-state index is -1.05. The van der Waals surface area contributed by atoms with E-state index >= 15 is 0 Å². The number of benzene rings is 1. The average molecular weight is 573 g/mol. The number of nitrogens with zero attached hydrogens (tertiary/aromatic N) is 1. The maximum absolute atomic E-state index is 13.8. The molecule has 1 aliphatic rings. The first kappa shape index (κ1) is 33.1. The summed E-state index contributed by atoms with van der Waals surface area (Å²) in [5.74, 6) is -2.79. The molecule has 41 heavy (non-hydrogen) atoms. The van der Waals surface area contributed by atoms with E-state index in [0.717, 1.165) is 0 Å². The van der Waals surface area contributed by atoms with Crippen LogP contribution in [0.3, 0.4) is 0 Å². The van der Waals surface area contributed by atoms with E-state index < -0.39 is 59.8 Å². The van der Waals surface area contributed by atoms with E-state index in [-0.39, 0.29) is 43.9 Å². The summed E-state index contributed by atoms with van der Waals surface area (Å²) in [5.41, 5.74) is 0.679. The quantitative estimate of drug-likeness (QED) is 0.173. The van der Waals surface area contributed by atoms with E-state index in [9.17, 15) is 33.9 Å². The van der Waals surface area contributed by atoms with Gasteiger partial charge < -0.3 is 35.5 Å². The molecule has 0 aliphatic carbocycles. The number of aldehydes is 1. The lowest BCUT2D eigenvalue weighted by Crippen LogP contribution is -2.59. The largest absolute Gasteiger partial charge is 0.508 e. The lowest BCUT2D eigenvalue weighted by molar-refractivity contribution is -0.143. The second kappa shape index (κ2) is 15.7. The highest BCUT2D eigenvalue weighted by atomic mass is 16.5. The van der Waals surface area contributed by atoms with Crippen LogP contribution in [0.1, 0.15) is 46.1 Å². The van der Waals surface area contributed by atoms with Crippen molar-refractivity contribution in [3.8, 4) is 5.75 Å². The highest BCUT2D eigenvalue weighted by Crippen LogP contribution is 2.24. The number of carbonyl (C=O) groups excluding carboxylic acids is 6. The Balaban J connectivity index is 2.28. The van der Waals surface area contributed by atoms with Crippen molar-refractivity contribution in [2.75, 3.05) is 13.2 Å². The first-order valence-corrected chi connectivity index (χ1v) is 13.5. The summed E-state index contributed by atoms with van der Waals surface area (Å²) >= 11 is 0. The van der Waals surface area contributed by atoms with Crippen LogP contribution in [-0.4, -0.2) is 89.1 Å². The van der Waals surface area contributed by atoms with Crippen LogP contribution in [0.5, 0.6) is 5.75 Å². The summed E-state index contributed by atoms with van der Waals surface area (Å²) in [7, 11) is 0. The molecule has 0 aromatic heterocycles. The maximum atomic E-state index is 13.8. The van der Waals surface area contributed by atoms with Gasteiger partial charge in [-0.3, -0.25) is 24.0 Å². The van der Waals surface area contributed by atoms with Crippen LogP contribution in [0.4, 0.5) is 0 Å². The number of aromatic hydroxyl groups is 1. The Hall–Kier alpha value is -4.06. The van der Waals surface area contributed by atoms with Crippen LogP contribution in [-0.2, 0) is 39.9 Å². The molecule has 4 amide bonds. The normalized spacial score (nSPS) is 18.6. The van der Waals surface area contributed by atoms with Crippen LogP contribution in [0.2, 0.25) is 0 Å². The van der Waals surface area contributed by atoms with Gasteiger partial charge in [0.2, 0.25) is 23.6 Å². The predicted molar refractivity (Wildman–Crippen MR) is 150 cm³/mol. The minimum Gasteiger partial charge on any atom is -0.508 e. The molecule has 1 saturated heterocycles. The molecule has 0 radical (unpaired) electrons. The molecule has 1 aromatic rings. The van der Waals surface area contributed by atoms with E-state index in [1.807, 2.05) is 0 Å².